The summed E-state index contributed by atoms with van der Waals surface area (Å²) >= 11 is 0. The van der Waals surface area contributed by atoms with Crippen LogP contribution in [0.15, 0.2) is 0 Å². The molecular weight excluding hydrogens is 228 g/mol. The van der Waals surface area contributed by atoms with E-state index in [0.29, 0.717) is 0 Å². The average molecular weight is 242 g/mol. The molecule has 0 aromatic rings. The normalized spacial score (nSPS) is 20.7. The second kappa shape index (κ2) is 4.20. The van der Waals surface area contributed by atoms with Gasteiger partial charge in [0.05, 0.1) is 12.1 Å². The number of amides is 1. The van der Waals surface area contributed by atoms with Crippen LogP contribution in [0.1, 0.15) is 19.8 Å². The molecular formula is C9H14F4N2O. The van der Waals surface area contributed by atoms with E-state index in [9.17, 15) is 22.4 Å². The topological polar surface area (TPSA) is 55.1 Å². The third kappa shape index (κ3) is 2.84. The Bertz CT molecular complexity index is 277. The third-order valence-electron chi connectivity index (χ3n) is 2.72. The molecule has 3 N–H and O–H groups in total. The smallest absolute Gasteiger partial charge is 0.324 e. The maximum Gasteiger partial charge on any atom is 0.324 e. The van der Waals surface area contributed by atoms with E-state index in [1.165, 1.54) is 6.92 Å². The molecule has 1 aliphatic rings. The quantitative estimate of drug-likeness (QED) is 0.710. The fourth-order valence-electron chi connectivity index (χ4n) is 1.33. The Balaban J connectivity index is 2.46. The highest BCUT2D eigenvalue weighted by Crippen LogP contribution is 2.38. The Morgan fingerprint density at radius 3 is 2.38 bits per heavy atom. The molecule has 0 aliphatic heterocycles. The van der Waals surface area contributed by atoms with Gasteiger partial charge in [0, 0.05) is 0 Å². The summed E-state index contributed by atoms with van der Waals surface area (Å²) in [5.74, 6) is -5.07. The monoisotopic (exact) mass is 242 g/mol. The number of halogens is 4. The zero-order chi connectivity index (χ0) is 12.6. The zero-order valence-corrected chi connectivity index (χ0v) is 8.77. The summed E-state index contributed by atoms with van der Waals surface area (Å²) < 4.78 is 48.6. The highest BCUT2D eigenvalue weighted by molar-refractivity contribution is 5.86. The largest absolute Gasteiger partial charge is 0.348 e. The van der Waals surface area contributed by atoms with Crippen LogP contribution in [0, 0.1) is 5.92 Å². The lowest BCUT2D eigenvalue weighted by molar-refractivity contribution is -0.139. The number of carbonyl (C=O) groups excluding carboxylic acids is 1. The van der Waals surface area contributed by atoms with Gasteiger partial charge in [0.15, 0.2) is 0 Å². The Morgan fingerprint density at radius 1 is 1.50 bits per heavy atom. The summed E-state index contributed by atoms with van der Waals surface area (Å²) in [5, 5.41) is 1.77. The first-order valence-electron chi connectivity index (χ1n) is 4.91. The molecule has 0 aromatic heterocycles. The van der Waals surface area contributed by atoms with Crippen molar-refractivity contribution in [1.29, 1.82) is 0 Å². The summed E-state index contributed by atoms with van der Waals surface area (Å²) in [4.78, 5) is 11.4. The maximum atomic E-state index is 12.5. The van der Waals surface area contributed by atoms with Crippen LogP contribution in [0.5, 0.6) is 0 Å². The standard InChI is InChI=1S/C9H14F4N2O/c1-8(14,5-2-3-5)7(16)15-4-9(12,13)6(10)11/h5-6H,2-4,14H2,1H3,(H,15,16). The molecule has 1 amide bonds. The van der Waals surface area contributed by atoms with E-state index in [0.717, 1.165) is 12.8 Å². The molecule has 3 nitrogen and oxygen atoms in total. The van der Waals surface area contributed by atoms with Crippen molar-refractivity contribution in [1.82, 2.24) is 5.32 Å². The Hall–Kier alpha value is -0.850. The minimum absolute atomic E-state index is 0.0485. The van der Waals surface area contributed by atoms with Gasteiger partial charge in [-0.1, -0.05) is 0 Å². The predicted octanol–water partition coefficient (Wildman–Crippen LogP) is 1.13. The van der Waals surface area contributed by atoms with Gasteiger partial charge in [-0.3, -0.25) is 4.79 Å². The van der Waals surface area contributed by atoms with Crippen LogP contribution in [0.3, 0.4) is 0 Å². The van der Waals surface area contributed by atoms with Crippen molar-refractivity contribution in [3.8, 4) is 0 Å². The molecule has 1 saturated carbocycles. The van der Waals surface area contributed by atoms with Crippen LogP contribution in [0.4, 0.5) is 17.6 Å². The SMILES string of the molecule is CC(N)(C(=O)NCC(F)(F)C(F)F)C1CC1. The number of hydrogen-bond donors (Lipinski definition) is 2. The van der Waals surface area contributed by atoms with E-state index >= 15 is 0 Å². The molecule has 16 heavy (non-hydrogen) atoms. The minimum atomic E-state index is -4.21. The van der Waals surface area contributed by atoms with Gasteiger partial charge in [-0.2, -0.15) is 8.78 Å². The Morgan fingerprint density at radius 2 is 2.00 bits per heavy atom. The summed E-state index contributed by atoms with van der Waals surface area (Å²) in [6, 6.07) is 0. The van der Waals surface area contributed by atoms with Gasteiger partial charge in [-0.15, -0.1) is 0 Å². The van der Waals surface area contributed by atoms with Crippen molar-refractivity contribution >= 4 is 5.91 Å². The second-order valence-corrected chi connectivity index (χ2v) is 4.30. The molecule has 0 bridgehead atoms. The van der Waals surface area contributed by atoms with E-state index in [1.54, 1.807) is 5.32 Å². The van der Waals surface area contributed by atoms with Crippen LogP contribution in [-0.4, -0.2) is 30.3 Å². The fraction of sp³-hybridized carbons (Fsp3) is 0.889. The first-order chi connectivity index (χ1) is 7.18. The third-order valence-corrected chi connectivity index (χ3v) is 2.72. The summed E-state index contributed by atoms with van der Waals surface area (Å²) in [6.07, 6.45) is -2.28. The van der Waals surface area contributed by atoms with Crippen LogP contribution < -0.4 is 11.1 Å². The van der Waals surface area contributed by atoms with Gasteiger partial charge in [-0.25, -0.2) is 8.78 Å². The highest BCUT2D eigenvalue weighted by atomic mass is 19.3. The average Bonchev–Trinajstić information content (AvgIpc) is 2.96. The lowest BCUT2D eigenvalue weighted by Crippen LogP contribution is -2.55. The highest BCUT2D eigenvalue weighted by Gasteiger charge is 2.46. The van der Waals surface area contributed by atoms with Gasteiger partial charge >= 0.3 is 12.3 Å². The number of hydrogen-bond acceptors (Lipinski definition) is 2. The number of rotatable bonds is 5. The zero-order valence-electron chi connectivity index (χ0n) is 8.77. The van der Waals surface area contributed by atoms with Gasteiger partial charge in [0.1, 0.15) is 0 Å². The Kier molecular flexibility index (Phi) is 3.47. The molecule has 0 radical (unpaired) electrons. The predicted molar refractivity (Wildman–Crippen MR) is 49.3 cm³/mol. The number of nitrogens with two attached hydrogens (primary N) is 1. The number of alkyl halides is 4. The van der Waals surface area contributed by atoms with Crippen molar-refractivity contribution in [3.05, 3.63) is 0 Å². The van der Waals surface area contributed by atoms with Crippen molar-refractivity contribution < 1.29 is 22.4 Å². The minimum Gasteiger partial charge on any atom is -0.348 e. The van der Waals surface area contributed by atoms with E-state index in [-0.39, 0.29) is 5.92 Å². The molecule has 1 unspecified atom stereocenters. The van der Waals surface area contributed by atoms with Crippen molar-refractivity contribution in [2.45, 2.75) is 37.7 Å². The molecule has 7 heteroatoms. The van der Waals surface area contributed by atoms with Crippen LogP contribution in [-0.2, 0) is 4.79 Å². The lowest BCUT2D eigenvalue weighted by Gasteiger charge is -2.24. The van der Waals surface area contributed by atoms with Gasteiger partial charge < -0.3 is 11.1 Å². The molecule has 0 aromatic carbocycles. The molecule has 1 fully saturated rings. The molecule has 1 aliphatic carbocycles. The molecule has 0 saturated heterocycles. The van der Waals surface area contributed by atoms with E-state index in [2.05, 4.69) is 0 Å². The van der Waals surface area contributed by atoms with Gasteiger partial charge in [0.2, 0.25) is 5.91 Å². The lowest BCUT2D eigenvalue weighted by atomic mass is 9.96. The van der Waals surface area contributed by atoms with Crippen molar-refractivity contribution in [3.63, 3.8) is 0 Å². The van der Waals surface area contributed by atoms with Crippen LogP contribution in [0.25, 0.3) is 0 Å². The molecule has 94 valence electrons. The molecule has 0 spiro atoms. The maximum absolute atomic E-state index is 12.5. The van der Waals surface area contributed by atoms with E-state index < -0.39 is 30.3 Å². The second-order valence-electron chi connectivity index (χ2n) is 4.30. The first kappa shape index (κ1) is 13.2. The van der Waals surface area contributed by atoms with Crippen molar-refractivity contribution in [2.75, 3.05) is 6.54 Å². The summed E-state index contributed by atoms with van der Waals surface area (Å²) in [5.41, 5.74) is 4.37. The molecule has 1 atom stereocenters. The summed E-state index contributed by atoms with van der Waals surface area (Å²) in [6.45, 7) is 0.0313. The van der Waals surface area contributed by atoms with Crippen LogP contribution in [0.2, 0.25) is 0 Å². The molecule has 0 heterocycles. The fourth-order valence-corrected chi connectivity index (χ4v) is 1.33. The number of carbonyl (C=O) groups is 1. The first-order valence-corrected chi connectivity index (χ1v) is 4.91. The molecule has 1 rings (SSSR count). The van der Waals surface area contributed by atoms with E-state index in [1.807, 2.05) is 0 Å². The Labute approximate surface area is 90.4 Å². The number of nitrogens with one attached hydrogen (secondary N) is 1. The van der Waals surface area contributed by atoms with Crippen molar-refractivity contribution in [2.24, 2.45) is 11.7 Å². The van der Waals surface area contributed by atoms with Crippen LogP contribution >= 0.6 is 0 Å². The van der Waals surface area contributed by atoms with Gasteiger partial charge in [0.25, 0.3) is 0 Å². The van der Waals surface area contributed by atoms with E-state index in [4.69, 9.17) is 5.73 Å². The van der Waals surface area contributed by atoms with Gasteiger partial charge in [-0.05, 0) is 25.7 Å². The summed E-state index contributed by atoms with van der Waals surface area (Å²) in [7, 11) is 0.